The molecular formula is C16H19N3O4S. The molecule has 128 valence electrons. The predicted octanol–water partition coefficient (Wildman–Crippen LogP) is 1.65. The van der Waals surface area contributed by atoms with Crippen molar-refractivity contribution in [3.8, 4) is 0 Å². The van der Waals surface area contributed by atoms with Crippen LogP contribution < -0.4 is 15.4 Å². The Labute approximate surface area is 141 Å². The minimum Gasteiger partial charge on any atom is -0.341 e. The summed E-state index contributed by atoms with van der Waals surface area (Å²) >= 11 is 0. The molecule has 1 rings (SSSR count). The van der Waals surface area contributed by atoms with Gasteiger partial charge in [0.05, 0.1) is 4.91 Å². The topological polar surface area (TPSA) is 104 Å². The van der Waals surface area contributed by atoms with Crippen LogP contribution in [0.5, 0.6) is 0 Å². The smallest absolute Gasteiger partial charge is 0.318 e. The fourth-order valence-electron chi connectivity index (χ4n) is 1.50. The van der Waals surface area contributed by atoms with Crippen molar-refractivity contribution < 1.29 is 18.0 Å². The number of nitrogens with one attached hydrogen (secondary N) is 3. The Morgan fingerprint density at radius 1 is 1.12 bits per heavy atom. The zero-order valence-corrected chi connectivity index (χ0v) is 14.2. The summed E-state index contributed by atoms with van der Waals surface area (Å²) in [6.07, 6.45) is 3.98. The average molecular weight is 349 g/mol. The highest BCUT2D eigenvalue weighted by molar-refractivity contribution is 7.93. The maximum absolute atomic E-state index is 12.1. The molecule has 1 aromatic carbocycles. The highest BCUT2D eigenvalue weighted by Gasteiger charge is 2.17. The zero-order chi connectivity index (χ0) is 18.2. The largest absolute Gasteiger partial charge is 0.341 e. The third-order valence-electron chi connectivity index (χ3n) is 2.89. The fraction of sp³-hybridized carbons (Fsp3) is 0.125. The summed E-state index contributed by atoms with van der Waals surface area (Å²) in [4.78, 5) is 23.1. The third-order valence-corrected chi connectivity index (χ3v) is 4.33. The van der Waals surface area contributed by atoms with Crippen molar-refractivity contribution in [2.45, 2.75) is 6.92 Å². The van der Waals surface area contributed by atoms with Crippen molar-refractivity contribution >= 4 is 22.0 Å². The predicted molar refractivity (Wildman–Crippen MR) is 92.5 cm³/mol. The van der Waals surface area contributed by atoms with Gasteiger partial charge in [0.15, 0.2) is 0 Å². The molecule has 0 radical (unpaired) electrons. The van der Waals surface area contributed by atoms with Crippen LogP contribution in [0.15, 0.2) is 65.7 Å². The van der Waals surface area contributed by atoms with Gasteiger partial charge < -0.3 is 10.6 Å². The van der Waals surface area contributed by atoms with Crippen LogP contribution in [-0.4, -0.2) is 27.4 Å². The standard InChI is InChI=1S/C16H19N3O4S/c1-4-14(18-16(21)17-3)11-10-12(2)24(22,23)19-15(20)13-8-6-5-7-9-13/h4-11H,1H2,2-3H3,(H,19,20)(H2,17,18,21)/b12-10+,14-11+. The van der Waals surface area contributed by atoms with Crippen LogP contribution in [0.4, 0.5) is 4.79 Å². The molecule has 8 heteroatoms. The molecule has 7 nitrogen and oxygen atoms in total. The van der Waals surface area contributed by atoms with Gasteiger partial charge in [0.2, 0.25) is 0 Å². The molecule has 0 aliphatic carbocycles. The summed E-state index contributed by atoms with van der Waals surface area (Å²) < 4.78 is 26.3. The first-order valence-electron chi connectivity index (χ1n) is 6.92. The molecule has 0 saturated heterocycles. The van der Waals surface area contributed by atoms with E-state index in [-0.39, 0.29) is 10.5 Å². The first-order valence-corrected chi connectivity index (χ1v) is 8.40. The number of allylic oxidation sites excluding steroid dienone is 4. The maximum Gasteiger partial charge on any atom is 0.318 e. The fourth-order valence-corrected chi connectivity index (χ4v) is 2.27. The highest BCUT2D eigenvalue weighted by atomic mass is 32.2. The van der Waals surface area contributed by atoms with E-state index in [0.717, 1.165) is 0 Å². The second-order valence-corrected chi connectivity index (χ2v) is 6.46. The lowest BCUT2D eigenvalue weighted by Gasteiger charge is -2.07. The van der Waals surface area contributed by atoms with E-state index in [9.17, 15) is 18.0 Å². The summed E-state index contributed by atoms with van der Waals surface area (Å²) in [5.41, 5.74) is 0.538. The molecule has 0 aliphatic heterocycles. The van der Waals surface area contributed by atoms with Crippen LogP contribution in [-0.2, 0) is 10.0 Å². The van der Waals surface area contributed by atoms with Crippen LogP contribution in [0, 0.1) is 0 Å². The summed E-state index contributed by atoms with van der Waals surface area (Å²) in [7, 11) is -2.55. The monoisotopic (exact) mass is 349 g/mol. The van der Waals surface area contributed by atoms with Crippen molar-refractivity contribution in [3.63, 3.8) is 0 Å². The molecule has 0 saturated carbocycles. The lowest BCUT2D eigenvalue weighted by Crippen LogP contribution is -2.31. The van der Waals surface area contributed by atoms with Crippen LogP contribution in [0.1, 0.15) is 17.3 Å². The quantitative estimate of drug-likeness (QED) is 0.679. The Bertz CT molecular complexity index is 781. The zero-order valence-electron chi connectivity index (χ0n) is 13.4. The number of carbonyl (C=O) groups excluding carboxylic acids is 2. The lowest BCUT2D eigenvalue weighted by molar-refractivity contribution is 0.0981. The number of rotatable bonds is 6. The molecule has 0 atom stereocenters. The van der Waals surface area contributed by atoms with Crippen LogP contribution in [0.3, 0.4) is 0 Å². The second-order valence-electron chi connectivity index (χ2n) is 4.61. The van der Waals surface area contributed by atoms with Gasteiger partial charge in [-0.3, -0.25) is 4.79 Å². The van der Waals surface area contributed by atoms with Gasteiger partial charge in [0.25, 0.3) is 15.9 Å². The molecule has 1 aromatic rings. The summed E-state index contributed by atoms with van der Waals surface area (Å²) in [6, 6.07) is 7.53. The van der Waals surface area contributed by atoms with Gasteiger partial charge in [-0.1, -0.05) is 24.8 Å². The number of urea groups is 1. The minimum absolute atomic E-state index is 0.0927. The molecule has 3 amide bonds. The first kappa shape index (κ1) is 19.2. The second kappa shape index (κ2) is 8.68. The number of benzene rings is 1. The number of sulfonamides is 1. The molecular weight excluding hydrogens is 330 g/mol. The Morgan fingerprint density at radius 2 is 1.75 bits per heavy atom. The maximum atomic E-state index is 12.1. The molecule has 0 aliphatic rings. The Hall–Kier alpha value is -2.87. The lowest BCUT2D eigenvalue weighted by atomic mass is 10.2. The van der Waals surface area contributed by atoms with E-state index >= 15 is 0 Å². The molecule has 0 fully saturated rings. The van der Waals surface area contributed by atoms with Gasteiger partial charge in [-0.2, -0.15) is 0 Å². The van der Waals surface area contributed by atoms with E-state index in [1.54, 1.807) is 18.2 Å². The van der Waals surface area contributed by atoms with Crippen molar-refractivity contribution in [2.24, 2.45) is 0 Å². The van der Waals surface area contributed by atoms with Crippen LogP contribution in [0.2, 0.25) is 0 Å². The molecule has 0 unspecified atom stereocenters. The van der Waals surface area contributed by atoms with Crippen LogP contribution >= 0.6 is 0 Å². The average Bonchev–Trinajstić information content (AvgIpc) is 2.58. The molecule has 24 heavy (non-hydrogen) atoms. The summed E-state index contributed by atoms with van der Waals surface area (Å²) in [5, 5.41) is 4.81. The first-order chi connectivity index (χ1) is 11.3. The van der Waals surface area contributed by atoms with E-state index < -0.39 is 22.0 Å². The van der Waals surface area contributed by atoms with Gasteiger partial charge in [-0.25, -0.2) is 17.9 Å². The SMILES string of the molecule is C=C/C(=C\C=C(/C)S(=O)(=O)NC(=O)c1ccccc1)NC(=O)NC. The van der Waals surface area contributed by atoms with Gasteiger partial charge in [0, 0.05) is 18.3 Å². The molecule has 3 N–H and O–H groups in total. The van der Waals surface area contributed by atoms with Crippen molar-refractivity contribution in [1.82, 2.24) is 15.4 Å². The normalized spacial score (nSPS) is 12.2. The summed E-state index contributed by atoms with van der Waals surface area (Å²) in [5.74, 6) is -0.722. The molecule has 0 bridgehead atoms. The number of hydrogen-bond acceptors (Lipinski definition) is 4. The van der Waals surface area contributed by atoms with Gasteiger partial charge in [-0.15, -0.1) is 0 Å². The number of amides is 3. The highest BCUT2D eigenvalue weighted by Crippen LogP contribution is 2.07. The van der Waals surface area contributed by atoms with E-state index in [1.807, 2.05) is 4.72 Å². The third kappa shape index (κ3) is 5.73. The molecule has 0 spiro atoms. The number of hydrogen-bond donors (Lipinski definition) is 3. The van der Waals surface area contributed by atoms with E-state index in [0.29, 0.717) is 5.70 Å². The number of carbonyl (C=O) groups is 2. The van der Waals surface area contributed by atoms with Crippen molar-refractivity contribution in [2.75, 3.05) is 7.05 Å². The van der Waals surface area contributed by atoms with Gasteiger partial charge >= 0.3 is 6.03 Å². The van der Waals surface area contributed by atoms with E-state index in [2.05, 4.69) is 17.2 Å². The van der Waals surface area contributed by atoms with Gasteiger partial charge in [0.1, 0.15) is 0 Å². The Kier molecular flexibility index (Phi) is 6.94. The summed E-state index contributed by atoms with van der Waals surface area (Å²) in [6.45, 7) is 4.85. The van der Waals surface area contributed by atoms with Crippen molar-refractivity contribution in [1.29, 1.82) is 0 Å². The van der Waals surface area contributed by atoms with E-state index in [4.69, 9.17) is 0 Å². The van der Waals surface area contributed by atoms with Crippen molar-refractivity contribution in [3.05, 3.63) is 71.3 Å². The van der Waals surface area contributed by atoms with Crippen LogP contribution in [0.25, 0.3) is 0 Å². The molecule has 0 aromatic heterocycles. The minimum atomic E-state index is -3.99. The Morgan fingerprint density at radius 3 is 2.29 bits per heavy atom. The molecule has 0 heterocycles. The van der Waals surface area contributed by atoms with Gasteiger partial charge in [-0.05, 0) is 37.3 Å². The Balaban J connectivity index is 2.91. The van der Waals surface area contributed by atoms with E-state index in [1.165, 1.54) is 44.3 Å².